The number of rotatable bonds is 4. The van der Waals surface area contributed by atoms with Crippen molar-refractivity contribution >= 4 is 11.6 Å². The first-order chi connectivity index (χ1) is 11.3. The van der Waals surface area contributed by atoms with Gasteiger partial charge in [-0.25, -0.2) is 5.43 Å². The molecule has 0 bridgehead atoms. The number of amides is 1. The maximum absolute atomic E-state index is 12.3. The van der Waals surface area contributed by atoms with Gasteiger partial charge in [0, 0.05) is 5.56 Å². The van der Waals surface area contributed by atoms with E-state index >= 15 is 0 Å². The van der Waals surface area contributed by atoms with Gasteiger partial charge in [0.1, 0.15) is 0 Å². The lowest BCUT2D eigenvalue weighted by atomic mass is 9.87. The van der Waals surface area contributed by atoms with E-state index in [0.29, 0.717) is 5.56 Å². The Bertz CT molecular complexity index is 720. The van der Waals surface area contributed by atoms with Gasteiger partial charge in [-0.05, 0) is 42.0 Å². The number of hydrogen-bond donors (Lipinski definition) is 1. The highest BCUT2D eigenvalue weighted by Crippen LogP contribution is 2.22. The Morgan fingerprint density at radius 3 is 2.00 bits per heavy atom. The predicted octanol–water partition coefficient (Wildman–Crippen LogP) is 4.84. The van der Waals surface area contributed by atoms with Crippen molar-refractivity contribution in [2.75, 3.05) is 0 Å². The summed E-state index contributed by atoms with van der Waals surface area (Å²) in [4.78, 5) is 12.3. The van der Waals surface area contributed by atoms with Gasteiger partial charge in [0.05, 0.1) is 5.71 Å². The molecule has 0 aliphatic heterocycles. The number of nitrogens with one attached hydrogen (secondary N) is 1. The third-order valence-corrected chi connectivity index (χ3v) is 4.03. The maximum atomic E-state index is 12.3. The average molecular weight is 322 g/mol. The second kappa shape index (κ2) is 7.43. The van der Waals surface area contributed by atoms with Crippen LogP contribution in [-0.2, 0) is 5.41 Å². The highest BCUT2D eigenvalue weighted by molar-refractivity contribution is 6.02. The van der Waals surface area contributed by atoms with Crippen molar-refractivity contribution in [2.24, 2.45) is 5.10 Å². The van der Waals surface area contributed by atoms with Crippen LogP contribution in [0.1, 0.15) is 61.2 Å². The van der Waals surface area contributed by atoms with Gasteiger partial charge >= 0.3 is 0 Å². The minimum Gasteiger partial charge on any atom is -0.267 e. The second-order valence-corrected chi connectivity index (χ2v) is 7.05. The molecular formula is C21H26N2O. The molecule has 24 heavy (non-hydrogen) atoms. The predicted molar refractivity (Wildman–Crippen MR) is 101 cm³/mol. The molecule has 2 aromatic carbocycles. The van der Waals surface area contributed by atoms with Gasteiger partial charge in [-0.15, -0.1) is 0 Å². The minimum absolute atomic E-state index is 0.0774. The average Bonchev–Trinajstić information content (AvgIpc) is 2.56. The van der Waals surface area contributed by atoms with Crippen LogP contribution in [0.2, 0.25) is 0 Å². The normalized spacial score (nSPS) is 12.1. The van der Waals surface area contributed by atoms with Crippen molar-refractivity contribution in [3.63, 3.8) is 0 Å². The lowest BCUT2D eigenvalue weighted by Crippen LogP contribution is -2.20. The first-order valence-electron chi connectivity index (χ1n) is 8.35. The van der Waals surface area contributed by atoms with Crippen LogP contribution in [0.15, 0.2) is 53.6 Å². The number of hydrazone groups is 1. The molecule has 0 fully saturated rings. The van der Waals surface area contributed by atoms with Crippen LogP contribution in [0.25, 0.3) is 0 Å². The Morgan fingerprint density at radius 1 is 0.958 bits per heavy atom. The van der Waals surface area contributed by atoms with E-state index < -0.39 is 0 Å². The van der Waals surface area contributed by atoms with Crippen LogP contribution >= 0.6 is 0 Å². The summed E-state index contributed by atoms with van der Waals surface area (Å²) in [5, 5.41) is 4.31. The monoisotopic (exact) mass is 322 g/mol. The van der Waals surface area contributed by atoms with Crippen molar-refractivity contribution < 1.29 is 4.79 Å². The molecule has 3 nitrogen and oxygen atoms in total. The highest BCUT2D eigenvalue weighted by atomic mass is 16.2. The van der Waals surface area contributed by atoms with E-state index in [-0.39, 0.29) is 11.3 Å². The zero-order valence-electron chi connectivity index (χ0n) is 15.2. The summed E-state index contributed by atoms with van der Waals surface area (Å²) in [7, 11) is 0. The van der Waals surface area contributed by atoms with Crippen LogP contribution in [0.3, 0.4) is 0 Å². The molecule has 0 aliphatic rings. The fourth-order valence-electron chi connectivity index (χ4n) is 2.40. The molecule has 0 spiro atoms. The molecule has 0 atom stereocenters. The van der Waals surface area contributed by atoms with Crippen molar-refractivity contribution in [1.82, 2.24) is 5.43 Å². The van der Waals surface area contributed by atoms with Crippen LogP contribution in [0, 0.1) is 6.92 Å². The van der Waals surface area contributed by atoms with Crippen LogP contribution in [0.5, 0.6) is 0 Å². The van der Waals surface area contributed by atoms with Gasteiger partial charge in [0.2, 0.25) is 0 Å². The largest absolute Gasteiger partial charge is 0.271 e. The lowest BCUT2D eigenvalue weighted by Gasteiger charge is -2.18. The molecule has 0 saturated heterocycles. The molecule has 2 rings (SSSR count). The van der Waals surface area contributed by atoms with E-state index in [1.54, 1.807) is 0 Å². The van der Waals surface area contributed by atoms with E-state index in [0.717, 1.165) is 17.7 Å². The van der Waals surface area contributed by atoms with Gasteiger partial charge in [-0.1, -0.05) is 69.7 Å². The number of hydrogen-bond acceptors (Lipinski definition) is 2. The van der Waals surface area contributed by atoms with Crippen LogP contribution in [-0.4, -0.2) is 11.6 Å². The molecule has 1 amide bonds. The van der Waals surface area contributed by atoms with Gasteiger partial charge in [-0.3, -0.25) is 4.79 Å². The molecule has 1 N–H and O–H groups in total. The number of aryl methyl sites for hydroxylation is 1. The van der Waals surface area contributed by atoms with Gasteiger partial charge in [0.25, 0.3) is 5.91 Å². The number of benzene rings is 2. The lowest BCUT2D eigenvalue weighted by molar-refractivity contribution is 0.0954. The number of carbonyl (C=O) groups excluding carboxylic acids is 1. The number of carbonyl (C=O) groups is 1. The SMILES string of the molecule is CC/C(=N\NC(=O)c1ccc(C(C)(C)C)cc1)c1ccc(C)cc1. The maximum Gasteiger partial charge on any atom is 0.271 e. The Morgan fingerprint density at radius 2 is 1.50 bits per heavy atom. The Labute approximate surface area is 144 Å². The van der Waals surface area contributed by atoms with Gasteiger partial charge in [0.15, 0.2) is 0 Å². The Balaban J connectivity index is 2.11. The summed E-state index contributed by atoms with van der Waals surface area (Å²) >= 11 is 0. The molecule has 126 valence electrons. The topological polar surface area (TPSA) is 41.5 Å². The quantitative estimate of drug-likeness (QED) is 0.635. The third-order valence-electron chi connectivity index (χ3n) is 4.03. The summed E-state index contributed by atoms with van der Waals surface area (Å²) in [6.07, 6.45) is 0.756. The van der Waals surface area contributed by atoms with Crippen molar-refractivity contribution in [1.29, 1.82) is 0 Å². The zero-order chi connectivity index (χ0) is 17.7. The fourth-order valence-corrected chi connectivity index (χ4v) is 2.40. The molecule has 0 saturated carbocycles. The molecule has 0 unspecified atom stereocenters. The molecular weight excluding hydrogens is 296 g/mol. The summed E-state index contributed by atoms with van der Waals surface area (Å²) in [6.45, 7) is 10.5. The molecule has 2 aromatic rings. The Kier molecular flexibility index (Phi) is 5.55. The smallest absolute Gasteiger partial charge is 0.267 e. The first kappa shape index (κ1) is 17.9. The van der Waals surface area contributed by atoms with Gasteiger partial charge < -0.3 is 0 Å². The van der Waals surface area contributed by atoms with E-state index in [9.17, 15) is 4.79 Å². The standard InChI is InChI=1S/C21H26N2O/c1-6-19(16-9-7-15(2)8-10-16)22-23-20(24)17-11-13-18(14-12-17)21(3,4)5/h7-14H,6H2,1-5H3,(H,23,24)/b22-19+. The van der Waals surface area contributed by atoms with Crippen molar-refractivity contribution in [2.45, 2.75) is 46.5 Å². The van der Waals surface area contributed by atoms with E-state index in [1.807, 2.05) is 55.5 Å². The molecule has 0 aliphatic carbocycles. The first-order valence-corrected chi connectivity index (χ1v) is 8.35. The third kappa shape index (κ3) is 4.54. The summed E-state index contributed by atoms with van der Waals surface area (Å²) < 4.78 is 0. The molecule has 3 heteroatoms. The summed E-state index contributed by atoms with van der Waals surface area (Å²) in [6, 6.07) is 15.9. The summed E-state index contributed by atoms with van der Waals surface area (Å²) in [5.74, 6) is -0.187. The van der Waals surface area contributed by atoms with E-state index in [2.05, 4.69) is 38.2 Å². The van der Waals surface area contributed by atoms with Crippen LogP contribution in [0.4, 0.5) is 0 Å². The molecule has 0 radical (unpaired) electrons. The molecule has 0 aromatic heterocycles. The van der Waals surface area contributed by atoms with E-state index in [1.165, 1.54) is 11.1 Å². The van der Waals surface area contributed by atoms with Crippen molar-refractivity contribution in [3.8, 4) is 0 Å². The highest BCUT2D eigenvalue weighted by Gasteiger charge is 2.14. The zero-order valence-corrected chi connectivity index (χ0v) is 15.2. The van der Waals surface area contributed by atoms with Crippen molar-refractivity contribution in [3.05, 3.63) is 70.8 Å². The fraction of sp³-hybridized carbons (Fsp3) is 0.333. The van der Waals surface area contributed by atoms with Crippen LogP contribution < -0.4 is 5.43 Å². The Hall–Kier alpha value is -2.42. The molecule has 0 heterocycles. The second-order valence-electron chi connectivity index (χ2n) is 7.05. The van der Waals surface area contributed by atoms with Gasteiger partial charge in [-0.2, -0.15) is 5.10 Å². The summed E-state index contributed by atoms with van der Waals surface area (Å²) in [5.41, 5.74) is 7.68. The minimum atomic E-state index is -0.187. The number of nitrogens with zero attached hydrogens (tertiary/aromatic N) is 1. The van der Waals surface area contributed by atoms with E-state index in [4.69, 9.17) is 0 Å².